The second-order valence-electron chi connectivity index (χ2n) is 7.19. The number of anilines is 1. The molecule has 3 aromatic rings. The summed E-state index contributed by atoms with van der Waals surface area (Å²) >= 11 is 7.48. The number of halogens is 1. The van der Waals surface area contributed by atoms with Crippen molar-refractivity contribution < 1.29 is 14.7 Å². The zero-order chi connectivity index (χ0) is 21.3. The average molecular weight is 438 g/mol. The van der Waals surface area contributed by atoms with Crippen molar-refractivity contribution in [3.8, 4) is 0 Å². The Balaban J connectivity index is 1.71. The number of hydrogen-bond donors (Lipinski definition) is 1. The molecule has 1 aliphatic rings. The van der Waals surface area contributed by atoms with E-state index in [0.29, 0.717) is 17.1 Å². The molecule has 2 aromatic carbocycles. The van der Waals surface area contributed by atoms with Crippen LogP contribution in [-0.2, 0) is 16.0 Å². The number of thiophene rings is 1. The Morgan fingerprint density at radius 1 is 1.10 bits per heavy atom. The first-order valence-electron chi connectivity index (χ1n) is 9.60. The van der Waals surface area contributed by atoms with Crippen LogP contribution in [0.3, 0.4) is 0 Å². The summed E-state index contributed by atoms with van der Waals surface area (Å²) in [5.74, 6) is -1.27. The highest BCUT2D eigenvalue weighted by molar-refractivity contribution is 7.10. The van der Waals surface area contributed by atoms with Gasteiger partial charge in [0.25, 0.3) is 5.91 Å². The van der Waals surface area contributed by atoms with Crippen LogP contribution in [0.5, 0.6) is 0 Å². The first-order valence-corrected chi connectivity index (χ1v) is 10.9. The molecule has 1 atom stereocenters. The molecule has 0 radical (unpaired) electrons. The molecule has 4 rings (SSSR count). The molecule has 6 heteroatoms. The van der Waals surface area contributed by atoms with E-state index in [9.17, 15) is 14.7 Å². The van der Waals surface area contributed by atoms with Crippen LogP contribution in [0, 0.1) is 6.92 Å². The Morgan fingerprint density at radius 2 is 1.80 bits per heavy atom. The summed E-state index contributed by atoms with van der Waals surface area (Å²) in [5.41, 5.74) is 2.75. The van der Waals surface area contributed by atoms with Crippen molar-refractivity contribution in [2.45, 2.75) is 25.8 Å². The third-order valence-corrected chi connectivity index (χ3v) is 6.57. The summed E-state index contributed by atoms with van der Waals surface area (Å²) in [7, 11) is 0. The molecule has 1 N–H and O–H groups in total. The predicted molar refractivity (Wildman–Crippen MR) is 120 cm³/mol. The Morgan fingerprint density at radius 3 is 2.43 bits per heavy atom. The van der Waals surface area contributed by atoms with Gasteiger partial charge in [0.1, 0.15) is 6.04 Å². The number of hydrogen-bond acceptors (Lipinski definition) is 4. The van der Waals surface area contributed by atoms with E-state index in [1.54, 1.807) is 24.3 Å². The number of benzene rings is 2. The van der Waals surface area contributed by atoms with Gasteiger partial charge in [-0.05, 0) is 60.2 Å². The molecule has 1 unspecified atom stereocenters. The summed E-state index contributed by atoms with van der Waals surface area (Å²) < 4.78 is 0. The van der Waals surface area contributed by atoms with Crippen LogP contribution < -0.4 is 4.90 Å². The average Bonchev–Trinajstić information content (AvgIpc) is 3.28. The highest BCUT2D eigenvalue weighted by atomic mass is 35.5. The van der Waals surface area contributed by atoms with Crippen LogP contribution >= 0.6 is 22.9 Å². The fourth-order valence-corrected chi connectivity index (χ4v) is 4.86. The van der Waals surface area contributed by atoms with E-state index in [-0.39, 0.29) is 17.8 Å². The Labute approximate surface area is 184 Å². The molecule has 1 aromatic heterocycles. The SMILES string of the molecule is Cc1ccsc1C1C(C(=O)CCc2ccccc2)=C(O)C(=O)N1c1ccc(Cl)cc1. The summed E-state index contributed by atoms with van der Waals surface area (Å²) in [6.45, 7) is 1.94. The normalized spacial score (nSPS) is 16.4. The zero-order valence-electron chi connectivity index (χ0n) is 16.3. The lowest BCUT2D eigenvalue weighted by atomic mass is 9.95. The number of aliphatic hydroxyl groups excluding tert-OH is 1. The minimum atomic E-state index is -0.651. The minimum Gasteiger partial charge on any atom is -0.503 e. The Kier molecular flexibility index (Phi) is 5.75. The van der Waals surface area contributed by atoms with Gasteiger partial charge in [-0.25, -0.2) is 0 Å². The van der Waals surface area contributed by atoms with Gasteiger partial charge in [-0.3, -0.25) is 14.5 Å². The van der Waals surface area contributed by atoms with Crippen molar-refractivity contribution in [1.82, 2.24) is 0 Å². The lowest BCUT2D eigenvalue weighted by Gasteiger charge is -2.26. The maximum absolute atomic E-state index is 13.2. The third-order valence-electron chi connectivity index (χ3n) is 5.25. The van der Waals surface area contributed by atoms with Crippen LogP contribution in [0.4, 0.5) is 5.69 Å². The smallest absolute Gasteiger partial charge is 0.294 e. The van der Waals surface area contributed by atoms with Gasteiger partial charge in [0.2, 0.25) is 0 Å². The van der Waals surface area contributed by atoms with Crippen LogP contribution in [0.25, 0.3) is 0 Å². The van der Waals surface area contributed by atoms with E-state index in [0.717, 1.165) is 16.0 Å². The van der Waals surface area contributed by atoms with Crippen LogP contribution in [-0.4, -0.2) is 16.8 Å². The quantitative estimate of drug-likeness (QED) is 0.529. The molecule has 1 aliphatic heterocycles. The van der Waals surface area contributed by atoms with Gasteiger partial charge in [0.15, 0.2) is 11.5 Å². The molecule has 0 spiro atoms. The second kappa shape index (κ2) is 8.46. The third kappa shape index (κ3) is 3.78. The number of carbonyl (C=O) groups is 2. The van der Waals surface area contributed by atoms with Gasteiger partial charge in [-0.15, -0.1) is 11.3 Å². The molecule has 4 nitrogen and oxygen atoms in total. The highest BCUT2D eigenvalue weighted by Crippen LogP contribution is 2.44. The molecule has 2 heterocycles. The van der Waals surface area contributed by atoms with Gasteiger partial charge in [0, 0.05) is 22.0 Å². The van der Waals surface area contributed by atoms with E-state index in [4.69, 9.17) is 11.6 Å². The van der Waals surface area contributed by atoms with Crippen molar-refractivity contribution >= 4 is 40.3 Å². The van der Waals surface area contributed by atoms with Gasteiger partial charge in [-0.1, -0.05) is 41.9 Å². The minimum absolute atomic E-state index is 0.163. The van der Waals surface area contributed by atoms with Crippen LogP contribution in [0.15, 0.2) is 77.4 Å². The zero-order valence-corrected chi connectivity index (χ0v) is 17.9. The number of carbonyl (C=O) groups excluding carboxylic acids is 2. The monoisotopic (exact) mass is 437 g/mol. The number of ketones is 1. The van der Waals surface area contributed by atoms with Crippen molar-refractivity contribution in [3.05, 3.63) is 98.4 Å². The van der Waals surface area contributed by atoms with Crippen LogP contribution in [0.1, 0.15) is 28.5 Å². The van der Waals surface area contributed by atoms with Gasteiger partial charge in [-0.2, -0.15) is 0 Å². The summed E-state index contributed by atoms with van der Waals surface area (Å²) in [6.07, 6.45) is 0.758. The molecule has 0 bridgehead atoms. The number of aliphatic hydroxyl groups is 1. The molecule has 1 amide bonds. The van der Waals surface area contributed by atoms with Crippen molar-refractivity contribution in [2.75, 3.05) is 4.90 Å². The van der Waals surface area contributed by atoms with Gasteiger partial charge >= 0.3 is 0 Å². The molecule has 0 saturated carbocycles. The van der Waals surface area contributed by atoms with E-state index in [1.807, 2.05) is 48.7 Å². The van der Waals surface area contributed by atoms with Crippen molar-refractivity contribution in [2.24, 2.45) is 0 Å². The first kappa shape index (κ1) is 20.4. The molecule has 0 saturated heterocycles. The lowest BCUT2D eigenvalue weighted by molar-refractivity contribution is -0.118. The summed E-state index contributed by atoms with van der Waals surface area (Å²) in [6, 6.07) is 17.8. The maximum atomic E-state index is 13.2. The fourth-order valence-electron chi connectivity index (χ4n) is 3.71. The maximum Gasteiger partial charge on any atom is 0.294 e. The summed E-state index contributed by atoms with van der Waals surface area (Å²) in [5, 5.41) is 13.2. The lowest BCUT2D eigenvalue weighted by Crippen LogP contribution is -2.30. The number of Topliss-reactive ketones (excluding diaryl/α,β-unsaturated/α-hetero) is 1. The standard InChI is InChI=1S/C24H20ClNO3S/c1-15-13-14-30-23(15)21-20(19(27)12-7-16-5-3-2-4-6-16)22(28)24(29)26(21)18-10-8-17(25)9-11-18/h2-6,8-11,13-14,21,28H,7,12H2,1H3. The number of aryl methyl sites for hydroxylation is 2. The predicted octanol–water partition coefficient (Wildman–Crippen LogP) is 5.81. The van der Waals surface area contributed by atoms with E-state index in [2.05, 4.69) is 0 Å². The Bertz CT molecular complexity index is 1120. The Hall–Kier alpha value is -2.89. The molecular formula is C24H20ClNO3S. The molecule has 30 heavy (non-hydrogen) atoms. The molecular weight excluding hydrogens is 418 g/mol. The topological polar surface area (TPSA) is 57.6 Å². The number of nitrogens with zero attached hydrogens (tertiary/aromatic N) is 1. The van der Waals surface area contributed by atoms with Crippen LogP contribution in [0.2, 0.25) is 5.02 Å². The largest absolute Gasteiger partial charge is 0.503 e. The van der Waals surface area contributed by atoms with Gasteiger partial charge < -0.3 is 5.11 Å². The molecule has 0 aliphatic carbocycles. The number of amides is 1. The second-order valence-corrected chi connectivity index (χ2v) is 8.58. The molecule has 152 valence electrons. The highest BCUT2D eigenvalue weighted by Gasteiger charge is 2.45. The molecule has 0 fully saturated rings. The van der Waals surface area contributed by atoms with Crippen molar-refractivity contribution in [1.29, 1.82) is 0 Å². The van der Waals surface area contributed by atoms with E-state index < -0.39 is 17.7 Å². The van der Waals surface area contributed by atoms with Gasteiger partial charge in [0.05, 0.1) is 5.57 Å². The fraction of sp³-hybridized carbons (Fsp3) is 0.167. The van der Waals surface area contributed by atoms with Crippen molar-refractivity contribution in [3.63, 3.8) is 0 Å². The van der Waals surface area contributed by atoms with E-state index >= 15 is 0 Å². The first-order chi connectivity index (χ1) is 14.5. The number of rotatable bonds is 6. The van der Waals surface area contributed by atoms with E-state index in [1.165, 1.54) is 16.2 Å². The summed E-state index contributed by atoms with van der Waals surface area (Å²) in [4.78, 5) is 28.6.